The van der Waals surface area contributed by atoms with Crippen LogP contribution in [0.2, 0.25) is 0 Å². The second kappa shape index (κ2) is 7.92. The molecule has 0 fully saturated rings. The van der Waals surface area contributed by atoms with Gasteiger partial charge in [-0.05, 0) is 12.8 Å². The third-order valence-electron chi connectivity index (χ3n) is 2.40. The normalized spacial score (nSPS) is 15.6. The summed E-state index contributed by atoms with van der Waals surface area (Å²) in [6, 6.07) is -0.0435. The molecule has 0 heterocycles. The monoisotopic (exact) mass is 231 g/mol. The first kappa shape index (κ1) is 14.7. The second-order valence-electron chi connectivity index (χ2n) is 3.55. The van der Waals surface area contributed by atoms with Crippen molar-refractivity contribution in [3.05, 3.63) is 0 Å². The average Bonchev–Trinajstić information content (AvgIpc) is 2.29. The van der Waals surface area contributed by atoms with Crippen LogP contribution in [0.15, 0.2) is 5.16 Å². The fraction of sp³-hybridized carbons (Fsp3) is 0.800. The van der Waals surface area contributed by atoms with E-state index in [1.165, 1.54) is 0 Å². The number of amidine groups is 1. The number of nitrogens with zero attached hydrogens (tertiary/aromatic N) is 1. The van der Waals surface area contributed by atoms with Crippen LogP contribution in [-0.2, 0) is 9.53 Å². The Morgan fingerprint density at radius 1 is 1.50 bits per heavy atom. The zero-order valence-electron chi connectivity index (χ0n) is 10.1. The highest BCUT2D eigenvalue weighted by Crippen LogP contribution is 2.04. The molecule has 0 aliphatic carbocycles. The molecule has 0 aliphatic heterocycles. The molecule has 2 unspecified atom stereocenters. The highest BCUT2D eigenvalue weighted by molar-refractivity contribution is 6.02. The summed E-state index contributed by atoms with van der Waals surface area (Å²) in [5.41, 5.74) is 5.43. The number of amides is 1. The van der Waals surface area contributed by atoms with Crippen LogP contribution in [0.5, 0.6) is 0 Å². The van der Waals surface area contributed by atoms with E-state index in [-0.39, 0.29) is 17.8 Å². The van der Waals surface area contributed by atoms with Gasteiger partial charge in [-0.2, -0.15) is 0 Å². The quantitative estimate of drug-likeness (QED) is 0.254. The smallest absolute Gasteiger partial charge is 0.231 e. The minimum Gasteiger partial charge on any atom is -0.409 e. The van der Waals surface area contributed by atoms with Crippen molar-refractivity contribution >= 4 is 11.7 Å². The fourth-order valence-corrected chi connectivity index (χ4v) is 1.36. The van der Waals surface area contributed by atoms with Gasteiger partial charge in [-0.25, -0.2) is 0 Å². The van der Waals surface area contributed by atoms with Crippen molar-refractivity contribution in [2.24, 2.45) is 16.8 Å². The van der Waals surface area contributed by atoms with E-state index >= 15 is 0 Å². The second-order valence-corrected chi connectivity index (χ2v) is 3.55. The van der Waals surface area contributed by atoms with E-state index in [1.54, 1.807) is 14.0 Å². The average molecular weight is 231 g/mol. The van der Waals surface area contributed by atoms with Crippen molar-refractivity contribution in [2.75, 3.05) is 13.7 Å². The van der Waals surface area contributed by atoms with Gasteiger partial charge in [0.15, 0.2) is 5.84 Å². The van der Waals surface area contributed by atoms with Crippen LogP contribution >= 0.6 is 0 Å². The summed E-state index contributed by atoms with van der Waals surface area (Å²) in [5.74, 6) is -0.884. The van der Waals surface area contributed by atoms with Crippen LogP contribution in [0.25, 0.3) is 0 Å². The van der Waals surface area contributed by atoms with Gasteiger partial charge in [0.25, 0.3) is 0 Å². The molecular weight excluding hydrogens is 210 g/mol. The van der Waals surface area contributed by atoms with E-state index in [1.807, 2.05) is 6.92 Å². The molecular formula is C10H21N3O3. The molecule has 16 heavy (non-hydrogen) atoms. The number of oxime groups is 1. The first-order chi connectivity index (χ1) is 7.60. The highest BCUT2D eigenvalue weighted by Gasteiger charge is 2.23. The van der Waals surface area contributed by atoms with Gasteiger partial charge >= 0.3 is 0 Å². The van der Waals surface area contributed by atoms with Gasteiger partial charge in [-0.3, -0.25) is 4.79 Å². The summed E-state index contributed by atoms with van der Waals surface area (Å²) >= 11 is 0. The maximum atomic E-state index is 11.8. The van der Waals surface area contributed by atoms with E-state index < -0.39 is 5.92 Å². The maximum Gasteiger partial charge on any atom is 0.231 e. The molecule has 2 atom stereocenters. The van der Waals surface area contributed by atoms with Gasteiger partial charge < -0.3 is 21.0 Å². The Hall–Kier alpha value is -1.30. The third-order valence-corrected chi connectivity index (χ3v) is 2.40. The van der Waals surface area contributed by atoms with Crippen molar-refractivity contribution in [1.82, 2.24) is 5.32 Å². The summed E-state index contributed by atoms with van der Waals surface area (Å²) in [6.45, 7) is 4.21. The SMILES string of the molecule is CCC(COC)NC(=O)C(CC)C(N)=NO. The molecule has 0 saturated heterocycles. The Balaban J connectivity index is 4.40. The number of hydrogen-bond acceptors (Lipinski definition) is 4. The van der Waals surface area contributed by atoms with Crippen molar-refractivity contribution in [2.45, 2.75) is 32.7 Å². The molecule has 0 aromatic carbocycles. The Morgan fingerprint density at radius 2 is 2.12 bits per heavy atom. The lowest BCUT2D eigenvalue weighted by Gasteiger charge is -2.19. The van der Waals surface area contributed by atoms with E-state index in [9.17, 15) is 4.79 Å². The zero-order chi connectivity index (χ0) is 12.6. The predicted octanol–water partition coefficient (Wildman–Crippen LogP) is 0.300. The Morgan fingerprint density at radius 3 is 2.50 bits per heavy atom. The number of rotatable bonds is 7. The summed E-state index contributed by atoms with van der Waals surface area (Å²) in [4.78, 5) is 11.8. The van der Waals surface area contributed by atoms with Crippen LogP contribution in [0.3, 0.4) is 0 Å². The van der Waals surface area contributed by atoms with Gasteiger partial charge in [0.1, 0.15) is 0 Å². The van der Waals surface area contributed by atoms with Crippen LogP contribution in [-0.4, -0.2) is 36.7 Å². The van der Waals surface area contributed by atoms with E-state index in [0.717, 1.165) is 6.42 Å². The minimum atomic E-state index is -0.587. The van der Waals surface area contributed by atoms with Crippen molar-refractivity contribution in [1.29, 1.82) is 0 Å². The van der Waals surface area contributed by atoms with Crippen molar-refractivity contribution in [3.8, 4) is 0 Å². The summed E-state index contributed by atoms with van der Waals surface area (Å²) in [6.07, 6.45) is 1.26. The number of nitrogens with two attached hydrogens (primary N) is 1. The highest BCUT2D eigenvalue weighted by atomic mass is 16.5. The molecule has 0 rings (SSSR count). The Kier molecular flexibility index (Phi) is 7.28. The molecule has 1 amide bonds. The number of ether oxygens (including phenoxy) is 1. The summed E-state index contributed by atoms with van der Waals surface area (Å²) in [7, 11) is 1.58. The van der Waals surface area contributed by atoms with Gasteiger partial charge in [0.05, 0.1) is 18.6 Å². The van der Waals surface area contributed by atoms with Crippen LogP contribution in [0.4, 0.5) is 0 Å². The zero-order valence-corrected chi connectivity index (χ0v) is 10.1. The number of nitrogens with one attached hydrogen (secondary N) is 1. The van der Waals surface area contributed by atoms with E-state index in [2.05, 4.69) is 10.5 Å². The summed E-state index contributed by atoms with van der Waals surface area (Å²) < 4.78 is 4.97. The van der Waals surface area contributed by atoms with E-state index in [0.29, 0.717) is 13.0 Å². The Labute approximate surface area is 95.8 Å². The van der Waals surface area contributed by atoms with Crippen LogP contribution < -0.4 is 11.1 Å². The van der Waals surface area contributed by atoms with Crippen molar-refractivity contribution in [3.63, 3.8) is 0 Å². The van der Waals surface area contributed by atoms with E-state index in [4.69, 9.17) is 15.7 Å². The van der Waals surface area contributed by atoms with Crippen LogP contribution in [0, 0.1) is 5.92 Å². The first-order valence-corrected chi connectivity index (χ1v) is 5.37. The minimum absolute atomic E-state index is 0.0435. The Bertz CT molecular complexity index is 243. The lowest BCUT2D eigenvalue weighted by atomic mass is 10.0. The standard InChI is InChI=1S/C10H21N3O3/c1-4-7(6-16-3)12-10(14)8(5-2)9(11)13-15/h7-8,15H,4-6H2,1-3H3,(H2,11,13)(H,12,14). The summed E-state index contributed by atoms with van der Waals surface area (Å²) in [5, 5.41) is 14.2. The molecule has 94 valence electrons. The number of hydrogen-bond donors (Lipinski definition) is 3. The molecule has 0 radical (unpaired) electrons. The van der Waals surface area contributed by atoms with Gasteiger partial charge in [-0.15, -0.1) is 0 Å². The maximum absolute atomic E-state index is 11.8. The molecule has 6 nitrogen and oxygen atoms in total. The number of carbonyl (C=O) groups is 1. The fourth-order valence-electron chi connectivity index (χ4n) is 1.36. The lowest BCUT2D eigenvalue weighted by Crippen LogP contribution is -2.44. The van der Waals surface area contributed by atoms with Gasteiger partial charge in [-0.1, -0.05) is 19.0 Å². The van der Waals surface area contributed by atoms with Crippen molar-refractivity contribution < 1.29 is 14.7 Å². The largest absolute Gasteiger partial charge is 0.409 e. The molecule has 6 heteroatoms. The predicted molar refractivity (Wildman–Crippen MR) is 61.3 cm³/mol. The first-order valence-electron chi connectivity index (χ1n) is 5.37. The third kappa shape index (κ3) is 4.48. The molecule has 0 aromatic heterocycles. The number of carbonyl (C=O) groups excluding carboxylic acids is 1. The molecule has 0 spiro atoms. The number of methoxy groups -OCH3 is 1. The van der Waals surface area contributed by atoms with Gasteiger partial charge in [0, 0.05) is 7.11 Å². The molecule has 0 saturated carbocycles. The van der Waals surface area contributed by atoms with Gasteiger partial charge in [0.2, 0.25) is 5.91 Å². The molecule has 0 aromatic rings. The molecule has 0 aliphatic rings. The molecule has 4 N–H and O–H groups in total. The lowest BCUT2D eigenvalue weighted by molar-refractivity contribution is -0.124. The van der Waals surface area contributed by atoms with Crippen LogP contribution in [0.1, 0.15) is 26.7 Å². The molecule has 0 bridgehead atoms. The topological polar surface area (TPSA) is 96.9 Å².